The van der Waals surface area contributed by atoms with Crippen molar-refractivity contribution < 1.29 is 14.0 Å². The van der Waals surface area contributed by atoms with Gasteiger partial charge in [-0.3, -0.25) is 9.59 Å². The highest BCUT2D eigenvalue weighted by atomic mass is 16.3. The Bertz CT molecular complexity index is 776. The van der Waals surface area contributed by atoms with Crippen molar-refractivity contribution >= 4 is 17.5 Å². The monoisotopic (exact) mass is 338 g/mol. The van der Waals surface area contributed by atoms with Crippen LogP contribution >= 0.6 is 0 Å². The van der Waals surface area contributed by atoms with E-state index in [1.807, 2.05) is 12.1 Å². The Kier molecular flexibility index (Phi) is 4.30. The summed E-state index contributed by atoms with van der Waals surface area (Å²) >= 11 is 0. The molecule has 4 rings (SSSR count). The number of nitrogens with zero attached hydrogens (tertiary/aromatic N) is 1. The van der Waals surface area contributed by atoms with Gasteiger partial charge in [0.15, 0.2) is 5.76 Å². The van der Waals surface area contributed by atoms with Crippen LogP contribution in [0.4, 0.5) is 5.69 Å². The lowest BCUT2D eigenvalue weighted by Crippen LogP contribution is -2.35. The zero-order valence-corrected chi connectivity index (χ0v) is 14.2. The number of carbonyl (C=O) groups is 2. The van der Waals surface area contributed by atoms with Gasteiger partial charge >= 0.3 is 0 Å². The molecular weight excluding hydrogens is 316 g/mol. The largest absolute Gasteiger partial charge is 0.459 e. The van der Waals surface area contributed by atoms with Gasteiger partial charge in [0.25, 0.3) is 5.91 Å². The van der Waals surface area contributed by atoms with Crippen LogP contribution in [0.5, 0.6) is 0 Å². The molecule has 5 heteroatoms. The first-order chi connectivity index (χ1) is 12.2. The van der Waals surface area contributed by atoms with Crippen molar-refractivity contribution in [1.29, 1.82) is 0 Å². The van der Waals surface area contributed by atoms with E-state index in [2.05, 4.69) is 11.4 Å². The smallest absolute Gasteiger partial charge is 0.289 e. The molecule has 0 saturated heterocycles. The SMILES string of the molecule is O=C(Nc1ccc2c(c1)CN(C(=O)c1ccco1)CC2)C1CCCC1. The Morgan fingerprint density at radius 2 is 1.96 bits per heavy atom. The molecule has 2 aromatic rings. The van der Waals surface area contributed by atoms with Gasteiger partial charge in [-0.15, -0.1) is 0 Å². The average Bonchev–Trinajstić information content (AvgIpc) is 3.34. The first-order valence-electron chi connectivity index (χ1n) is 8.96. The maximum atomic E-state index is 12.5. The second-order valence-corrected chi connectivity index (χ2v) is 6.91. The molecule has 25 heavy (non-hydrogen) atoms. The van der Waals surface area contributed by atoms with Gasteiger partial charge in [-0.05, 0) is 54.7 Å². The van der Waals surface area contributed by atoms with E-state index >= 15 is 0 Å². The summed E-state index contributed by atoms with van der Waals surface area (Å²) in [4.78, 5) is 26.6. The molecule has 2 aliphatic rings. The summed E-state index contributed by atoms with van der Waals surface area (Å²) < 4.78 is 5.22. The molecule has 0 spiro atoms. The lowest BCUT2D eigenvalue weighted by molar-refractivity contribution is -0.119. The molecule has 130 valence electrons. The van der Waals surface area contributed by atoms with Crippen LogP contribution in [-0.4, -0.2) is 23.3 Å². The highest BCUT2D eigenvalue weighted by Crippen LogP contribution is 2.28. The Morgan fingerprint density at radius 3 is 2.72 bits per heavy atom. The normalized spacial score (nSPS) is 17.4. The number of amides is 2. The first-order valence-corrected chi connectivity index (χ1v) is 8.96. The third-order valence-electron chi connectivity index (χ3n) is 5.23. The fraction of sp³-hybridized carbons (Fsp3) is 0.400. The molecular formula is C20H22N2O3. The summed E-state index contributed by atoms with van der Waals surface area (Å²) in [6, 6.07) is 9.45. The maximum Gasteiger partial charge on any atom is 0.289 e. The third-order valence-corrected chi connectivity index (χ3v) is 5.23. The van der Waals surface area contributed by atoms with Gasteiger partial charge in [-0.25, -0.2) is 0 Å². The fourth-order valence-corrected chi connectivity index (χ4v) is 3.80. The summed E-state index contributed by atoms with van der Waals surface area (Å²) in [5.74, 6) is 0.551. The van der Waals surface area contributed by atoms with E-state index in [0.29, 0.717) is 18.8 Å². The van der Waals surface area contributed by atoms with Crippen molar-refractivity contribution in [3.8, 4) is 0 Å². The number of fused-ring (bicyclic) bond motifs is 1. The van der Waals surface area contributed by atoms with Crippen LogP contribution in [0, 0.1) is 5.92 Å². The standard InChI is InChI=1S/C20H22N2O3/c23-19(15-4-1-2-5-15)21-17-8-7-14-9-10-22(13-16(14)12-17)20(24)18-6-3-11-25-18/h3,6-8,11-12,15H,1-2,4-5,9-10,13H2,(H,21,23). The van der Waals surface area contributed by atoms with Gasteiger partial charge in [0.1, 0.15) is 0 Å². The Hall–Kier alpha value is -2.56. The molecule has 1 N–H and O–H groups in total. The molecule has 2 heterocycles. The summed E-state index contributed by atoms with van der Waals surface area (Å²) in [5.41, 5.74) is 3.15. The highest BCUT2D eigenvalue weighted by molar-refractivity contribution is 5.93. The molecule has 0 bridgehead atoms. The second-order valence-electron chi connectivity index (χ2n) is 6.91. The molecule has 1 aromatic carbocycles. The molecule has 0 atom stereocenters. The summed E-state index contributed by atoms with van der Waals surface area (Å²) in [7, 11) is 0. The van der Waals surface area contributed by atoms with E-state index in [0.717, 1.165) is 43.4 Å². The molecule has 5 nitrogen and oxygen atoms in total. The van der Waals surface area contributed by atoms with Crippen LogP contribution in [0.1, 0.15) is 47.4 Å². The summed E-state index contributed by atoms with van der Waals surface area (Å²) in [6.07, 6.45) is 6.60. The molecule has 0 radical (unpaired) electrons. The van der Waals surface area contributed by atoms with Crippen LogP contribution < -0.4 is 5.32 Å². The molecule has 1 aliphatic heterocycles. The van der Waals surface area contributed by atoms with E-state index in [4.69, 9.17) is 4.42 Å². The molecule has 1 aromatic heterocycles. The summed E-state index contributed by atoms with van der Waals surface area (Å²) in [6.45, 7) is 1.22. The van der Waals surface area contributed by atoms with E-state index in [-0.39, 0.29) is 17.7 Å². The van der Waals surface area contributed by atoms with E-state index in [1.54, 1.807) is 17.0 Å². The van der Waals surface area contributed by atoms with Crippen molar-refractivity contribution in [2.75, 3.05) is 11.9 Å². The average molecular weight is 338 g/mol. The van der Waals surface area contributed by atoms with Gasteiger partial charge < -0.3 is 14.6 Å². The predicted octanol–water partition coefficient (Wildman–Crippen LogP) is 3.61. The Balaban J connectivity index is 1.47. The number of nitrogens with one attached hydrogen (secondary N) is 1. The van der Waals surface area contributed by atoms with Gasteiger partial charge in [0, 0.05) is 24.7 Å². The fourth-order valence-electron chi connectivity index (χ4n) is 3.80. The zero-order valence-electron chi connectivity index (χ0n) is 14.2. The molecule has 0 unspecified atom stereocenters. The number of hydrogen-bond donors (Lipinski definition) is 1. The van der Waals surface area contributed by atoms with Crippen molar-refractivity contribution in [3.05, 3.63) is 53.5 Å². The second kappa shape index (κ2) is 6.75. The van der Waals surface area contributed by atoms with Gasteiger partial charge in [-0.1, -0.05) is 18.9 Å². The van der Waals surface area contributed by atoms with Crippen LogP contribution in [0.3, 0.4) is 0 Å². The van der Waals surface area contributed by atoms with Crippen molar-refractivity contribution in [1.82, 2.24) is 4.90 Å². The minimum Gasteiger partial charge on any atom is -0.459 e. The van der Waals surface area contributed by atoms with E-state index < -0.39 is 0 Å². The molecule has 2 amide bonds. The van der Waals surface area contributed by atoms with Gasteiger partial charge in [0.05, 0.1) is 6.26 Å². The van der Waals surface area contributed by atoms with Crippen molar-refractivity contribution in [3.63, 3.8) is 0 Å². The Labute approximate surface area is 147 Å². The van der Waals surface area contributed by atoms with Crippen LogP contribution in [-0.2, 0) is 17.8 Å². The Morgan fingerprint density at radius 1 is 1.12 bits per heavy atom. The zero-order chi connectivity index (χ0) is 17.2. The minimum atomic E-state index is -0.0870. The van der Waals surface area contributed by atoms with Crippen LogP contribution in [0.25, 0.3) is 0 Å². The van der Waals surface area contributed by atoms with E-state index in [1.165, 1.54) is 11.8 Å². The first kappa shape index (κ1) is 15.9. The van der Waals surface area contributed by atoms with Crippen molar-refractivity contribution in [2.45, 2.75) is 38.6 Å². The minimum absolute atomic E-state index is 0.0870. The van der Waals surface area contributed by atoms with Crippen LogP contribution in [0.2, 0.25) is 0 Å². The predicted molar refractivity (Wildman–Crippen MR) is 94.2 cm³/mol. The topological polar surface area (TPSA) is 62.6 Å². The lowest BCUT2D eigenvalue weighted by Gasteiger charge is -2.28. The molecule has 1 saturated carbocycles. The van der Waals surface area contributed by atoms with E-state index in [9.17, 15) is 9.59 Å². The number of hydrogen-bond acceptors (Lipinski definition) is 3. The van der Waals surface area contributed by atoms with Crippen LogP contribution in [0.15, 0.2) is 41.0 Å². The number of benzene rings is 1. The molecule has 1 fully saturated rings. The number of anilines is 1. The van der Waals surface area contributed by atoms with Crippen molar-refractivity contribution in [2.24, 2.45) is 5.92 Å². The quantitative estimate of drug-likeness (QED) is 0.930. The number of furan rings is 1. The third kappa shape index (κ3) is 3.31. The van der Waals surface area contributed by atoms with Gasteiger partial charge in [0.2, 0.25) is 5.91 Å². The summed E-state index contributed by atoms with van der Waals surface area (Å²) in [5, 5.41) is 3.04. The molecule has 1 aliphatic carbocycles. The number of rotatable bonds is 3. The van der Waals surface area contributed by atoms with Gasteiger partial charge in [-0.2, -0.15) is 0 Å². The maximum absolute atomic E-state index is 12.5. The number of carbonyl (C=O) groups excluding carboxylic acids is 2. The lowest BCUT2D eigenvalue weighted by atomic mass is 9.98. The highest BCUT2D eigenvalue weighted by Gasteiger charge is 2.25.